The number of piperazine rings is 1. The highest BCUT2D eigenvalue weighted by atomic mass is 32.2. The summed E-state index contributed by atoms with van der Waals surface area (Å²) in [6.07, 6.45) is 2.96. The van der Waals surface area contributed by atoms with Gasteiger partial charge in [-0.25, -0.2) is 18.2 Å². The van der Waals surface area contributed by atoms with E-state index >= 15 is 0 Å². The maximum absolute atomic E-state index is 13.6. The van der Waals surface area contributed by atoms with E-state index in [4.69, 9.17) is 14.2 Å². The van der Waals surface area contributed by atoms with Crippen molar-refractivity contribution in [2.75, 3.05) is 54.5 Å². The largest absolute Gasteiger partial charge is 0.492 e. The molecule has 1 saturated heterocycles. The molecule has 1 aliphatic rings. The third kappa shape index (κ3) is 9.49. The molecule has 48 heavy (non-hydrogen) atoms. The van der Waals surface area contributed by atoms with Gasteiger partial charge in [0.2, 0.25) is 21.9 Å². The molecule has 2 amide bonds. The van der Waals surface area contributed by atoms with Crippen LogP contribution in [0.1, 0.15) is 70.0 Å². The lowest BCUT2D eigenvalue weighted by Crippen LogP contribution is -2.50. The molecular formula is C34H46N6O7S. The number of carbonyl (C=O) groups excluding carboxylic acids is 2. The summed E-state index contributed by atoms with van der Waals surface area (Å²) in [7, 11) is -2.22. The standard InChI is InChI=1S/C34H46N6O7S/c1-10-22-11-12-23(30(41)36-25-20-24(33(2,3)4)21-26(29(25)45-8)38-48(9,43)44)19-27(22)46-28-13-14-35-31(37-28)39-15-17-40(18-16-39)32(42)47-34(5,6)7/h11-14,19-21,38H,10,15-18H2,1-9H3,(H,36,41). The van der Waals surface area contributed by atoms with Crippen molar-refractivity contribution in [3.05, 3.63) is 59.3 Å². The number of aromatic nitrogens is 2. The van der Waals surface area contributed by atoms with Crippen LogP contribution in [0, 0.1) is 0 Å². The Morgan fingerprint density at radius 1 is 0.958 bits per heavy atom. The SMILES string of the molecule is CCc1ccc(C(=O)Nc2cc(C(C)(C)C)cc(NS(C)(=O)=O)c2OC)cc1Oc1ccnc(N2CCN(C(=O)OC(C)(C)C)CC2)n1. The Bertz CT molecular complexity index is 1760. The highest BCUT2D eigenvalue weighted by Gasteiger charge is 2.27. The second kappa shape index (κ2) is 14.3. The van der Waals surface area contributed by atoms with Crippen LogP contribution in [-0.4, -0.2) is 80.4 Å². The molecule has 260 valence electrons. The van der Waals surface area contributed by atoms with E-state index in [1.54, 1.807) is 41.4 Å². The molecular weight excluding hydrogens is 636 g/mol. The fourth-order valence-electron chi connectivity index (χ4n) is 5.00. The van der Waals surface area contributed by atoms with Gasteiger partial charge in [0.05, 0.1) is 24.7 Å². The first-order valence-corrected chi connectivity index (χ1v) is 17.6. The minimum absolute atomic E-state index is 0.184. The number of rotatable bonds is 9. The highest BCUT2D eigenvalue weighted by molar-refractivity contribution is 7.92. The van der Waals surface area contributed by atoms with Gasteiger partial charge >= 0.3 is 6.09 Å². The summed E-state index contributed by atoms with van der Waals surface area (Å²) in [5, 5.41) is 2.90. The zero-order valence-corrected chi connectivity index (χ0v) is 29.9. The van der Waals surface area contributed by atoms with Crippen LogP contribution < -0.4 is 24.4 Å². The predicted octanol–water partition coefficient (Wildman–Crippen LogP) is 5.82. The van der Waals surface area contributed by atoms with Crippen LogP contribution in [0.2, 0.25) is 0 Å². The van der Waals surface area contributed by atoms with Crippen molar-refractivity contribution in [3.63, 3.8) is 0 Å². The maximum Gasteiger partial charge on any atom is 0.410 e. The van der Waals surface area contributed by atoms with Crippen molar-refractivity contribution < 1.29 is 32.2 Å². The second-order valence-electron chi connectivity index (χ2n) is 13.6. The van der Waals surface area contributed by atoms with Crippen LogP contribution in [-0.2, 0) is 26.6 Å². The molecule has 0 spiro atoms. The molecule has 0 unspecified atom stereocenters. The van der Waals surface area contributed by atoms with E-state index in [9.17, 15) is 18.0 Å². The molecule has 2 N–H and O–H groups in total. The van der Waals surface area contributed by atoms with Gasteiger partial charge < -0.3 is 29.3 Å². The van der Waals surface area contributed by atoms with E-state index in [1.165, 1.54) is 7.11 Å². The van der Waals surface area contributed by atoms with E-state index in [0.29, 0.717) is 61.4 Å². The molecule has 0 atom stereocenters. The third-order valence-electron chi connectivity index (χ3n) is 7.46. The molecule has 0 bridgehead atoms. The average Bonchev–Trinajstić information content (AvgIpc) is 2.99. The first-order chi connectivity index (χ1) is 22.4. The smallest absolute Gasteiger partial charge is 0.410 e. The Labute approximate surface area is 283 Å². The van der Waals surface area contributed by atoms with Crippen molar-refractivity contribution in [1.82, 2.24) is 14.9 Å². The van der Waals surface area contributed by atoms with Gasteiger partial charge in [-0.1, -0.05) is 33.8 Å². The number of anilines is 3. The van der Waals surface area contributed by atoms with Gasteiger partial charge in [-0.05, 0) is 68.0 Å². The number of carbonyl (C=O) groups is 2. The van der Waals surface area contributed by atoms with E-state index in [1.807, 2.05) is 59.4 Å². The molecule has 1 fully saturated rings. The Balaban J connectivity index is 1.55. The van der Waals surface area contributed by atoms with Gasteiger partial charge in [0.15, 0.2) is 5.75 Å². The van der Waals surface area contributed by atoms with Gasteiger partial charge in [0.1, 0.15) is 11.4 Å². The number of benzene rings is 2. The number of methoxy groups -OCH3 is 1. The van der Waals surface area contributed by atoms with Gasteiger partial charge in [0.25, 0.3) is 5.91 Å². The quantitative estimate of drug-likeness (QED) is 0.283. The highest BCUT2D eigenvalue weighted by Crippen LogP contribution is 2.39. The molecule has 3 aromatic rings. The number of amides is 2. The van der Waals surface area contributed by atoms with Crippen LogP contribution in [0.25, 0.3) is 0 Å². The normalized spacial score (nSPS) is 13.9. The Morgan fingerprint density at radius 2 is 1.62 bits per heavy atom. The minimum Gasteiger partial charge on any atom is -0.492 e. The van der Waals surface area contributed by atoms with Crippen molar-refractivity contribution in [1.29, 1.82) is 0 Å². The third-order valence-corrected chi connectivity index (χ3v) is 8.05. The fourth-order valence-corrected chi connectivity index (χ4v) is 5.55. The predicted molar refractivity (Wildman–Crippen MR) is 186 cm³/mol. The summed E-state index contributed by atoms with van der Waals surface area (Å²) in [5.74, 6) is 0.970. The molecule has 2 heterocycles. The molecule has 4 rings (SSSR count). The van der Waals surface area contributed by atoms with Crippen LogP contribution in [0.15, 0.2) is 42.6 Å². The lowest BCUT2D eigenvalue weighted by Gasteiger charge is -2.35. The monoisotopic (exact) mass is 682 g/mol. The van der Waals surface area contributed by atoms with Gasteiger partial charge in [0, 0.05) is 44.0 Å². The van der Waals surface area contributed by atoms with Crippen molar-refractivity contribution in [2.24, 2.45) is 0 Å². The first kappa shape index (κ1) is 36.2. The average molecular weight is 683 g/mol. The lowest BCUT2D eigenvalue weighted by atomic mass is 9.86. The summed E-state index contributed by atoms with van der Waals surface area (Å²) in [6, 6.07) is 10.3. The molecule has 0 radical (unpaired) electrons. The number of ether oxygens (including phenoxy) is 3. The van der Waals surface area contributed by atoms with E-state index in [-0.39, 0.29) is 22.9 Å². The molecule has 14 heteroatoms. The topological polar surface area (TPSA) is 152 Å². The fraction of sp³-hybridized carbons (Fsp3) is 0.471. The summed E-state index contributed by atoms with van der Waals surface area (Å²) in [6.45, 7) is 15.5. The van der Waals surface area contributed by atoms with Gasteiger partial charge in [-0.2, -0.15) is 4.98 Å². The Morgan fingerprint density at radius 3 is 2.21 bits per heavy atom. The summed E-state index contributed by atoms with van der Waals surface area (Å²) < 4.78 is 44.0. The number of hydrogen-bond donors (Lipinski definition) is 2. The number of nitrogens with one attached hydrogen (secondary N) is 2. The van der Waals surface area contributed by atoms with E-state index in [0.717, 1.165) is 17.4 Å². The number of nitrogens with zero attached hydrogens (tertiary/aromatic N) is 4. The van der Waals surface area contributed by atoms with Crippen LogP contribution in [0.3, 0.4) is 0 Å². The zero-order valence-electron chi connectivity index (χ0n) is 29.1. The molecule has 2 aromatic carbocycles. The molecule has 13 nitrogen and oxygen atoms in total. The van der Waals surface area contributed by atoms with Gasteiger partial charge in [-0.15, -0.1) is 0 Å². The number of sulfonamides is 1. The van der Waals surface area contributed by atoms with E-state index < -0.39 is 21.5 Å². The van der Waals surface area contributed by atoms with E-state index in [2.05, 4.69) is 20.0 Å². The van der Waals surface area contributed by atoms with Crippen LogP contribution >= 0.6 is 0 Å². The summed E-state index contributed by atoms with van der Waals surface area (Å²) in [5.41, 5.74) is 1.59. The molecule has 0 saturated carbocycles. The first-order valence-electron chi connectivity index (χ1n) is 15.7. The molecule has 1 aliphatic heterocycles. The van der Waals surface area contributed by atoms with Crippen LogP contribution in [0.5, 0.6) is 17.4 Å². The lowest BCUT2D eigenvalue weighted by molar-refractivity contribution is 0.0240. The zero-order chi connectivity index (χ0) is 35.4. The molecule has 1 aromatic heterocycles. The van der Waals surface area contributed by atoms with Crippen molar-refractivity contribution in [2.45, 2.75) is 65.9 Å². The number of hydrogen-bond acceptors (Lipinski definition) is 10. The van der Waals surface area contributed by atoms with Crippen molar-refractivity contribution >= 4 is 39.3 Å². The van der Waals surface area contributed by atoms with Crippen LogP contribution in [0.4, 0.5) is 22.1 Å². The van der Waals surface area contributed by atoms with Gasteiger partial charge in [-0.3, -0.25) is 9.52 Å². The van der Waals surface area contributed by atoms with Crippen molar-refractivity contribution in [3.8, 4) is 17.4 Å². The Kier molecular flexibility index (Phi) is 10.8. The second-order valence-corrected chi connectivity index (χ2v) is 15.4. The summed E-state index contributed by atoms with van der Waals surface area (Å²) >= 11 is 0. The molecule has 0 aliphatic carbocycles. The maximum atomic E-state index is 13.6. The summed E-state index contributed by atoms with van der Waals surface area (Å²) in [4.78, 5) is 38.8. The minimum atomic E-state index is -3.63. The Hall–Kier alpha value is -4.59. The number of aryl methyl sites for hydroxylation is 1.